The minimum atomic E-state index is -0.513. The third-order valence-corrected chi connectivity index (χ3v) is 3.74. The summed E-state index contributed by atoms with van der Waals surface area (Å²) in [7, 11) is 0. The molecule has 1 N–H and O–H groups in total. The zero-order valence-electron chi connectivity index (χ0n) is 12.5. The topological polar surface area (TPSA) is 87.2 Å². The number of imide groups is 1. The number of aliphatic hydroxyl groups excluding tert-OH is 1. The Bertz CT molecular complexity index is 433. The Kier molecular flexibility index (Phi) is 4.63. The van der Waals surface area contributed by atoms with Crippen LogP contribution in [0.4, 0.5) is 0 Å². The fourth-order valence-corrected chi connectivity index (χ4v) is 2.82. The van der Waals surface area contributed by atoms with Crippen molar-refractivity contribution in [3.05, 3.63) is 0 Å². The zero-order chi connectivity index (χ0) is 15.6. The molecule has 2 heterocycles. The number of morpholine rings is 1. The molecule has 0 aromatic rings. The number of hydrogen-bond donors (Lipinski definition) is 1. The summed E-state index contributed by atoms with van der Waals surface area (Å²) >= 11 is 0. The van der Waals surface area contributed by atoms with E-state index in [4.69, 9.17) is 4.74 Å². The molecule has 0 spiro atoms. The van der Waals surface area contributed by atoms with Gasteiger partial charge in [-0.1, -0.05) is 0 Å². The lowest BCUT2D eigenvalue weighted by molar-refractivity contribution is -0.167. The number of amides is 3. The van der Waals surface area contributed by atoms with Crippen molar-refractivity contribution < 1.29 is 24.2 Å². The van der Waals surface area contributed by atoms with E-state index >= 15 is 0 Å². The van der Waals surface area contributed by atoms with Gasteiger partial charge in [0.05, 0.1) is 18.3 Å². The lowest BCUT2D eigenvalue weighted by atomic mass is 10.0. The number of aliphatic hydroxyl groups is 1. The predicted octanol–water partition coefficient (Wildman–Crippen LogP) is -0.476. The van der Waals surface area contributed by atoms with Gasteiger partial charge in [0.15, 0.2) is 0 Å². The first kappa shape index (κ1) is 15.9. The van der Waals surface area contributed by atoms with Crippen molar-refractivity contribution >= 4 is 17.7 Å². The molecule has 2 aliphatic heterocycles. The maximum atomic E-state index is 12.3. The van der Waals surface area contributed by atoms with Crippen molar-refractivity contribution in [2.45, 2.75) is 44.8 Å². The Morgan fingerprint density at radius 3 is 2.52 bits per heavy atom. The fourth-order valence-electron chi connectivity index (χ4n) is 2.82. The molecular weight excluding hydrogens is 276 g/mol. The van der Waals surface area contributed by atoms with E-state index in [2.05, 4.69) is 0 Å². The van der Waals surface area contributed by atoms with Crippen LogP contribution in [0.1, 0.15) is 33.1 Å². The first-order chi connectivity index (χ1) is 9.82. The van der Waals surface area contributed by atoms with E-state index in [-0.39, 0.29) is 50.1 Å². The Morgan fingerprint density at radius 2 is 1.95 bits per heavy atom. The summed E-state index contributed by atoms with van der Waals surface area (Å²) in [5.74, 6) is -0.538. The van der Waals surface area contributed by atoms with E-state index in [1.165, 1.54) is 0 Å². The molecule has 0 aliphatic carbocycles. The SMILES string of the molecule is CC1(C)CN(C(=O)CCN2C(=O)CCC2=O)CC(CO)O1. The Morgan fingerprint density at radius 1 is 1.33 bits per heavy atom. The lowest BCUT2D eigenvalue weighted by Crippen LogP contribution is -2.55. The van der Waals surface area contributed by atoms with Crippen LogP contribution in [0.25, 0.3) is 0 Å². The van der Waals surface area contributed by atoms with E-state index in [1.807, 2.05) is 13.8 Å². The van der Waals surface area contributed by atoms with Gasteiger partial charge in [0.25, 0.3) is 0 Å². The van der Waals surface area contributed by atoms with Crippen LogP contribution < -0.4 is 0 Å². The van der Waals surface area contributed by atoms with Gasteiger partial charge < -0.3 is 14.7 Å². The first-order valence-electron chi connectivity index (χ1n) is 7.22. The van der Waals surface area contributed by atoms with Crippen LogP contribution in [0.5, 0.6) is 0 Å². The summed E-state index contributed by atoms with van der Waals surface area (Å²) in [5.41, 5.74) is -0.513. The predicted molar refractivity (Wildman–Crippen MR) is 73.2 cm³/mol. The summed E-state index contributed by atoms with van der Waals surface area (Å²) < 4.78 is 5.65. The highest BCUT2D eigenvalue weighted by atomic mass is 16.5. The number of carbonyl (C=O) groups excluding carboxylic acids is 3. The van der Waals surface area contributed by atoms with E-state index < -0.39 is 11.7 Å². The number of likely N-dealkylation sites (tertiary alicyclic amines) is 1. The van der Waals surface area contributed by atoms with Crippen LogP contribution >= 0.6 is 0 Å². The number of rotatable bonds is 4. The maximum absolute atomic E-state index is 12.3. The van der Waals surface area contributed by atoms with Crippen molar-refractivity contribution in [3.63, 3.8) is 0 Å². The van der Waals surface area contributed by atoms with Crippen LogP contribution in [0.3, 0.4) is 0 Å². The van der Waals surface area contributed by atoms with Gasteiger partial charge in [0.1, 0.15) is 0 Å². The van der Waals surface area contributed by atoms with Crippen LogP contribution in [-0.2, 0) is 19.1 Å². The average molecular weight is 298 g/mol. The third kappa shape index (κ3) is 3.79. The van der Waals surface area contributed by atoms with Gasteiger partial charge >= 0.3 is 0 Å². The molecule has 2 fully saturated rings. The molecule has 0 bridgehead atoms. The molecule has 1 atom stereocenters. The maximum Gasteiger partial charge on any atom is 0.229 e. The van der Waals surface area contributed by atoms with Crippen molar-refractivity contribution in [3.8, 4) is 0 Å². The molecule has 2 rings (SSSR count). The van der Waals surface area contributed by atoms with Crippen LogP contribution in [0.15, 0.2) is 0 Å². The molecule has 0 aromatic carbocycles. The summed E-state index contributed by atoms with van der Waals surface area (Å²) in [6, 6.07) is 0. The van der Waals surface area contributed by atoms with Crippen molar-refractivity contribution in [1.29, 1.82) is 0 Å². The molecule has 2 saturated heterocycles. The Labute approximate surface area is 123 Å². The fraction of sp³-hybridized carbons (Fsp3) is 0.786. The smallest absolute Gasteiger partial charge is 0.229 e. The second-order valence-corrected chi connectivity index (χ2v) is 6.15. The third-order valence-electron chi connectivity index (χ3n) is 3.74. The van der Waals surface area contributed by atoms with Crippen molar-refractivity contribution in [1.82, 2.24) is 9.80 Å². The summed E-state index contributed by atoms with van der Waals surface area (Å²) in [4.78, 5) is 38.1. The summed E-state index contributed by atoms with van der Waals surface area (Å²) in [6.45, 7) is 4.49. The first-order valence-corrected chi connectivity index (χ1v) is 7.22. The Balaban J connectivity index is 1.90. The summed E-state index contributed by atoms with van der Waals surface area (Å²) in [6.07, 6.45) is 0.202. The molecule has 7 heteroatoms. The van der Waals surface area contributed by atoms with Crippen LogP contribution in [0, 0.1) is 0 Å². The number of hydrogen-bond acceptors (Lipinski definition) is 5. The number of ether oxygens (including phenoxy) is 1. The minimum absolute atomic E-state index is 0.117. The molecule has 2 aliphatic rings. The molecule has 118 valence electrons. The molecular formula is C14H22N2O5. The van der Waals surface area contributed by atoms with E-state index in [1.54, 1.807) is 4.90 Å². The molecule has 0 radical (unpaired) electrons. The van der Waals surface area contributed by atoms with Gasteiger partial charge in [-0.25, -0.2) is 0 Å². The van der Waals surface area contributed by atoms with Crippen LogP contribution in [-0.4, -0.2) is 70.6 Å². The monoisotopic (exact) mass is 298 g/mol. The molecule has 1 unspecified atom stereocenters. The van der Waals surface area contributed by atoms with E-state index in [0.717, 1.165) is 4.90 Å². The highest BCUT2D eigenvalue weighted by molar-refractivity contribution is 6.02. The van der Waals surface area contributed by atoms with Crippen LogP contribution in [0.2, 0.25) is 0 Å². The minimum Gasteiger partial charge on any atom is -0.394 e. The standard InChI is InChI=1S/C14H22N2O5/c1-14(2)9-15(7-10(8-17)21-14)11(18)5-6-16-12(19)3-4-13(16)20/h10,17H,3-9H2,1-2H3. The highest BCUT2D eigenvalue weighted by Crippen LogP contribution is 2.21. The lowest BCUT2D eigenvalue weighted by Gasteiger charge is -2.42. The zero-order valence-corrected chi connectivity index (χ0v) is 12.5. The van der Waals surface area contributed by atoms with E-state index in [9.17, 15) is 19.5 Å². The second-order valence-electron chi connectivity index (χ2n) is 6.15. The van der Waals surface area contributed by atoms with Gasteiger partial charge in [-0.2, -0.15) is 0 Å². The quantitative estimate of drug-likeness (QED) is 0.709. The van der Waals surface area contributed by atoms with E-state index in [0.29, 0.717) is 13.1 Å². The van der Waals surface area contributed by atoms with Gasteiger partial charge in [-0.05, 0) is 13.8 Å². The normalized spacial score (nSPS) is 25.6. The summed E-state index contributed by atoms with van der Waals surface area (Å²) in [5, 5.41) is 9.23. The number of carbonyl (C=O) groups is 3. The molecule has 0 aromatic heterocycles. The van der Waals surface area contributed by atoms with Gasteiger partial charge in [-0.3, -0.25) is 19.3 Å². The Hall–Kier alpha value is -1.47. The van der Waals surface area contributed by atoms with Gasteiger partial charge in [-0.15, -0.1) is 0 Å². The van der Waals surface area contributed by atoms with Crippen molar-refractivity contribution in [2.75, 3.05) is 26.2 Å². The van der Waals surface area contributed by atoms with Crippen molar-refractivity contribution in [2.24, 2.45) is 0 Å². The molecule has 7 nitrogen and oxygen atoms in total. The highest BCUT2D eigenvalue weighted by Gasteiger charge is 2.36. The van der Waals surface area contributed by atoms with Gasteiger partial charge in [0, 0.05) is 38.9 Å². The number of nitrogens with zero attached hydrogens (tertiary/aromatic N) is 2. The van der Waals surface area contributed by atoms with Gasteiger partial charge in [0.2, 0.25) is 17.7 Å². The molecule has 3 amide bonds. The second kappa shape index (κ2) is 6.11. The molecule has 21 heavy (non-hydrogen) atoms. The molecule has 0 saturated carbocycles. The largest absolute Gasteiger partial charge is 0.394 e. The average Bonchev–Trinajstić information content (AvgIpc) is 2.73.